The molecule has 1 heterocycles. The molecule has 1 aliphatic heterocycles. The lowest BCUT2D eigenvalue weighted by atomic mass is 9.99. The fourth-order valence-electron chi connectivity index (χ4n) is 2.85. The van der Waals surface area contributed by atoms with Gasteiger partial charge in [-0.25, -0.2) is 0 Å². The van der Waals surface area contributed by atoms with Crippen molar-refractivity contribution < 1.29 is 4.74 Å². The largest absolute Gasteiger partial charge is 0.497 e. The van der Waals surface area contributed by atoms with E-state index in [4.69, 9.17) is 10.5 Å². The first-order chi connectivity index (χ1) is 11.4. The summed E-state index contributed by atoms with van der Waals surface area (Å²) in [5.74, 6) is 1.87. The number of ether oxygens (including phenoxy) is 1. The highest BCUT2D eigenvalue weighted by atomic mass is 32.2. The molecule has 0 spiro atoms. The summed E-state index contributed by atoms with van der Waals surface area (Å²) in [6.45, 7) is 11.6. The van der Waals surface area contributed by atoms with Crippen molar-refractivity contribution in [2.45, 2.75) is 52.1 Å². The van der Waals surface area contributed by atoms with Gasteiger partial charge in [-0.2, -0.15) is 0 Å². The van der Waals surface area contributed by atoms with Crippen LogP contribution in [0.3, 0.4) is 0 Å². The van der Waals surface area contributed by atoms with Gasteiger partial charge in [0.25, 0.3) is 0 Å². The smallest absolute Gasteiger partial charge is 0.117 e. The first-order valence-corrected chi connectivity index (χ1v) is 9.72. The van der Waals surface area contributed by atoms with Gasteiger partial charge in [0.15, 0.2) is 0 Å². The molecule has 0 unspecified atom stereocenters. The number of hydrogen-bond donors (Lipinski definition) is 1. The van der Waals surface area contributed by atoms with Gasteiger partial charge in [0.1, 0.15) is 5.76 Å². The predicted octanol–water partition coefficient (Wildman–Crippen LogP) is 4.84. The van der Waals surface area contributed by atoms with E-state index in [0.717, 1.165) is 42.2 Å². The summed E-state index contributed by atoms with van der Waals surface area (Å²) >= 11 is 1.76. The molecule has 0 aromatic heterocycles. The van der Waals surface area contributed by atoms with Crippen molar-refractivity contribution in [3.05, 3.63) is 46.6 Å². The van der Waals surface area contributed by atoms with Gasteiger partial charge in [0.05, 0.1) is 12.8 Å². The first kappa shape index (κ1) is 21.1. The Kier molecular flexibility index (Phi) is 8.88. The average molecular weight is 351 g/mol. The van der Waals surface area contributed by atoms with E-state index in [0.29, 0.717) is 0 Å². The lowest BCUT2D eigenvalue weighted by Gasteiger charge is -2.33. The average Bonchev–Trinajstić information content (AvgIpc) is 2.90. The number of hydrogen-bond acceptors (Lipinski definition) is 4. The topological polar surface area (TPSA) is 38.5 Å². The van der Waals surface area contributed by atoms with E-state index in [9.17, 15) is 0 Å². The highest BCUT2D eigenvalue weighted by molar-refractivity contribution is 8.03. The number of methoxy groups -OCH3 is 1. The molecule has 0 amide bonds. The third-order valence-electron chi connectivity index (χ3n) is 4.84. The second-order valence-corrected chi connectivity index (χ2v) is 7.64. The van der Waals surface area contributed by atoms with Crippen LogP contribution in [-0.2, 0) is 4.74 Å². The van der Waals surface area contributed by atoms with Crippen molar-refractivity contribution in [2.24, 2.45) is 5.73 Å². The number of allylic oxidation sites excluding steroid dienone is 4. The maximum Gasteiger partial charge on any atom is 0.117 e. The molecule has 1 rings (SSSR count). The Balaban J connectivity index is 2.56. The van der Waals surface area contributed by atoms with Crippen LogP contribution in [-0.4, -0.2) is 37.0 Å². The van der Waals surface area contributed by atoms with E-state index in [1.165, 1.54) is 17.6 Å². The summed E-state index contributed by atoms with van der Waals surface area (Å²) in [6, 6.07) is 0. The Morgan fingerprint density at radius 3 is 2.62 bits per heavy atom. The fraction of sp³-hybridized carbons (Fsp3) is 0.600. The summed E-state index contributed by atoms with van der Waals surface area (Å²) in [5.41, 5.74) is 9.02. The fourth-order valence-corrected chi connectivity index (χ4v) is 3.65. The van der Waals surface area contributed by atoms with Gasteiger partial charge in [-0.3, -0.25) is 4.90 Å². The molecule has 3 nitrogen and oxygen atoms in total. The number of nitrogens with zero attached hydrogens (tertiary/aromatic N) is 1. The van der Waals surface area contributed by atoms with Crippen molar-refractivity contribution in [1.82, 2.24) is 4.90 Å². The third-order valence-corrected chi connectivity index (χ3v) is 5.86. The predicted molar refractivity (Wildman–Crippen MR) is 108 cm³/mol. The standard InChI is InChI=1S/C20H34N2OS/c1-7-16(3)19(23-6)11-10-17(4)24-15-18(8-2)14-20(21)12-9-13-22(20)5/h8,10-11H,4,7,9,12-15,21H2,1-3,5-6H3/b11-10-,18-8+,19-16-/t20-/m1/s1. The maximum absolute atomic E-state index is 6.57. The quantitative estimate of drug-likeness (QED) is 0.367. The normalized spacial score (nSPS) is 23.7. The summed E-state index contributed by atoms with van der Waals surface area (Å²) < 4.78 is 5.42. The molecular weight excluding hydrogens is 316 g/mol. The molecule has 2 N–H and O–H groups in total. The Labute approximate surface area is 152 Å². The molecule has 1 atom stereocenters. The highest BCUT2D eigenvalue weighted by Crippen LogP contribution is 2.31. The third kappa shape index (κ3) is 6.15. The monoisotopic (exact) mass is 350 g/mol. The van der Waals surface area contributed by atoms with Crippen LogP contribution in [0.2, 0.25) is 0 Å². The van der Waals surface area contributed by atoms with Crippen molar-refractivity contribution in [2.75, 3.05) is 26.5 Å². The molecule has 0 saturated carbocycles. The van der Waals surface area contributed by atoms with Crippen molar-refractivity contribution in [3.63, 3.8) is 0 Å². The van der Waals surface area contributed by atoms with E-state index >= 15 is 0 Å². The second kappa shape index (κ2) is 10.1. The second-order valence-electron chi connectivity index (χ2n) is 6.54. The van der Waals surface area contributed by atoms with Gasteiger partial charge < -0.3 is 10.5 Å². The molecule has 24 heavy (non-hydrogen) atoms. The van der Waals surface area contributed by atoms with Gasteiger partial charge in [-0.1, -0.05) is 25.2 Å². The SMILES string of the molecule is C=C(/C=C\C(OC)=C(/C)CC)SC/C(=C/C)C[C@@]1(N)CCCN1C. The lowest BCUT2D eigenvalue weighted by Crippen LogP contribution is -2.50. The zero-order chi connectivity index (χ0) is 18.2. The molecule has 1 fully saturated rings. The summed E-state index contributed by atoms with van der Waals surface area (Å²) in [4.78, 5) is 3.33. The van der Waals surface area contributed by atoms with E-state index in [1.54, 1.807) is 18.9 Å². The highest BCUT2D eigenvalue weighted by Gasteiger charge is 2.34. The molecule has 0 aromatic carbocycles. The molecule has 136 valence electrons. The van der Waals surface area contributed by atoms with Crippen molar-refractivity contribution in [3.8, 4) is 0 Å². The number of thioether (sulfide) groups is 1. The Bertz CT molecular complexity index is 522. The van der Waals surface area contributed by atoms with Crippen LogP contribution in [0.25, 0.3) is 0 Å². The summed E-state index contributed by atoms with van der Waals surface area (Å²) in [7, 11) is 3.84. The number of nitrogens with two attached hydrogens (primary N) is 1. The van der Waals surface area contributed by atoms with Crippen LogP contribution in [0.4, 0.5) is 0 Å². The van der Waals surface area contributed by atoms with Crippen molar-refractivity contribution in [1.29, 1.82) is 0 Å². The van der Waals surface area contributed by atoms with Crippen LogP contribution < -0.4 is 5.73 Å². The van der Waals surface area contributed by atoms with Crippen LogP contribution in [0.5, 0.6) is 0 Å². The zero-order valence-electron chi connectivity index (χ0n) is 16.0. The minimum Gasteiger partial charge on any atom is -0.497 e. The van der Waals surface area contributed by atoms with Gasteiger partial charge in [0.2, 0.25) is 0 Å². The molecule has 1 aliphatic rings. The van der Waals surface area contributed by atoms with E-state index in [2.05, 4.69) is 45.4 Å². The van der Waals surface area contributed by atoms with Crippen LogP contribution >= 0.6 is 11.8 Å². The Morgan fingerprint density at radius 2 is 2.12 bits per heavy atom. The van der Waals surface area contributed by atoms with Gasteiger partial charge in [0, 0.05) is 17.1 Å². The molecule has 1 saturated heterocycles. The van der Waals surface area contributed by atoms with Crippen LogP contribution in [0.15, 0.2) is 46.6 Å². The lowest BCUT2D eigenvalue weighted by molar-refractivity contribution is 0.180. The van der Waals surface area contributed by atoms with Crippen LogP contribution in [0.1, 0.15) is 46.5 Å². The maximum atomic E-state index is 6.57. The minimum absolute atomic E-state index is 0.177. The van der Waals surface area contributed by atoms with Gasteiger partial charge in [-0.05, 0) is 64.4 Å². The molecule has 0 radical (unpaired) electrons. The molecule has 4 heteroatoms. The molecule has 0 aromatic rings. The Hall–Kier alpha value is -0.970. The molecular formula is C20H34N2OS. The number of likely N-dealkylation sites (tertiary alicyclic amines) is 1. The van der Waals surface area contributed by atoms with Crippen LogP contribution in [0, 0.1) is 0 Å². The first-order valence-electron chi connectivity index (χ1n) is 8.74. The summed E-state index contributed by atoms with van der Waals surface area (Å²) in [6.07, 6.45) is 10.4. The molecule has 0 bridgehead atoms. The van der Waals surface area contributed by atoms with E-state index in [-0.39, 0.29) is 5.66 Å². The van der Waals surface area contributed by atoms with E-state index < -0.39 is 0 Å². The number of rotatable bonds is 9. The Morgan fingerprint density at radius 1 is 1.42 bits per heavy atom. The molecule has 0 aliphatic carbocycles. The van der Waals surface area contributed by atoms with E-state index in [1.807, 2.05) is 12.2 Å². The zero-order valence-corrected chi connectivity index (χ0v) is 16.8. The summed E-state index contributed by atoms with van der Waals surface area (Å²) in [5, 5.41) is 0. The van der Waals surface area contributed by atoms with Crippen molar-refractivity contribution >= 4 is 11.8 Å². The minimum atomic E-state index is -0.177. The van der Waals surface area contributed by atoms with Gasteiger partial charge in [-0.15, -0.1) is 11.8 Å². The van der Waals surface area contributed by atoms with Gasteiger partial charge >= 0.3 is 0 Å².